The van der Waals surface area contributed by atoms with Gasteiger partial charge in [0.05, 0.1) is 4.92 Å². The van der Waals surface area contributed by atoms with Crippen LogP contribution in [-0.4, -0.2) is 28.3 Å². The molecule has 4 N–H and O–H groups in total. The molecule has 32 heavy (non-hydrogen) atoms. The number of nitrogens with zero attached hydrogens (tertiary/aromatic N) is 2. The molecule has 162 valence electrons. The van der Waals surface area contributed by atoms with E-state index in [0.717, 1.165) is 5.56 Å². The summed E-state index contributed by atoms with van der Waals surface area (Å²) in [5.74, 6) is -1.61. The first-order valence-electron chi connectivity index (χ1n) is 9.68. The zero-order valence-electron chi connectivity index (χ0n) is 16.9. The molecule has 2 heterocycles. The van der Waals surface area contributed by atoms with Crippen LogP contribution in [0.4, 0.5) is 21.6 Å². The molecule has 10 heteroatoms. The third-order valence-electron chi connectivity index (χ3n) is 5.18. The van der Waals surface area contributed by atoms with E-state index >= 15 is 4.39 Å². The normalized spacial score (nSPS) is 12.6. The van der Waals surface area contributed by atoms with Crippen LogP contribution in [0.15, 0.2) is 42.6 Å². The lowest BCUT2D eigenvalue weighted by molar-refractivity contribution is -0.386. The number of hydrogen-bond acceptors (Lipinski definition) is 6. The summed E-state index contributed by atoms with van der Waals surface area (Å²) in [5, 5.41) is 16.5. The molecule has 0 saturated heterocycles. The van der Waals surface area contributed by atoms with E-state index in [9.17, 15) is 19.7 Å². The molecule has 0 unspecified atom stereocenters. The molecule has 0 spiro atoms. The van der Waals surface area contributed by atoms with E-state index in [2.05, 4.69) is 15.6 Å². The largest absolute Gasteiger partial charge is 0.383 e. The van der Waals surface area contributed by atoms with Gasteiger partial charge in [0, 0.05) is 41.9 Å². The number of carbonyl (C=O) groups is 2. The topological polar surface area (TPSA) is 140 Å². The second kappa shape index (κ2) is 8.06. The summed E-state index contributed by atoms with van der Waals surface area (Å²) in [6, 6.07) is 9.45. The van der Waals surface area contributed by atoms with Gasteiger partial charge in [-0.25, -0.2) is 4.98 Å². The Bertz CT molecular complexity index is 1290. The minimum absolute atomic E-state index is 0.0584. The van der Waals surface area contributed by atoms with E-state index in [1.165, 1.54) is 25.3 Å². The van der Waals surface area contributed by atoms with Crippen LogP contribution < -0.4 is 16.4 Å². The molecule has 0 saturated carbocycles. The number of fused-ring (bicyclic) bond motifs is 1. The Hall–Kier alpha value is -4.34. The monoisotopic (exact) mass is 435 g/mol. The smallest absolute Gasteiger partial charge is 0.328 e. The fourth-order valence-electron chi connectivity index (χ4n) is 3.71. The van der Waals surface area contributed by atoms with Crippen molar-refractivity contribution in [1.82, 2.24) is 10.3 Å². The van der Waals surface area contributed by atoms with Crippen molar-refractivity contribution in [2.75, 3.05) is 17.6 Å². The maximum Gasteiger partial charge on any atom is 0.328 e. The molecule has 0 bridgehead atoms. The summed E-state index contributed by atoms with van der Waals surface area (Å²) in [4.78, 5) is 38.0. The Balaban J connectivity index is 1.82. The zero-order chi connectivity index (χ0) is 23.0. The lowest BCUT2D eigenvalue weighted by Crippen LogP contribution is -2.31. The maximum atomic E-state index is 15.1. The van der Waals surface area contributed by atoms with E-state index in [-0.39, 0.29) is 28.5 Å². The molecule has 2 aromatic carbocycles. The lowest BCUT2D eigenvalue weighted by Gasteiger charge is -2.18. The molecule has 2 amide bonds. The Labute approximate surface area is 181 Å². The average molecular weight is 435 g/mol. The molecule has 0 fully saturated rings. The van der Waals surface area contributed by atoms with Crippen LogP contribution in [0.3, 0.4) is 0 Å². The van der Waals surface area contributed by atoms with Crippen molar-refractivity contribution in [3.05, 3.63) is 69.7 Å². The number of nitro groups is 1. The highest BCUT2D eigenvalue weighted by atomic mass is 19.1. The molecule has 0 atom stereocenters. The van der Waals surface area contributed by atoms with Gasteiger partial charge in [-0.15, -0.1) is 0 Å². The molecule has 4 rings (SSSR count). The first-order valence-corrected chi connectivity index (χ1v) is 9.68. The van der Waals surface area contributed by atoms with Crippen LogP contribution >= 0.6 is 0 Å². The molecular weight excluding hydrogens is 417 g/mol. The predicted molar refractivity (Wildman–Crippen MR) is 116 cm³/mol. The first kappa shape index (κ1) is 20.9. The number of carbonyl (C=O) groups excluding carboxylic acids is 2. The van der Waals surface area contributed by atoms with Gasteiger partial charge in [0.25, 0.3) is 5.91 Å². The van der Waals surface area contributed by atoms with Crippen molar-refractivity contribution in [2.45, 2.75) is 13.3 Å². The van der Waals surface area contributed by atoms with E-state index in [1.807, 2.05) is 6.07 Å². The minimum atomic E-state index is -1.10. The third-order valence-corrected chi connectivity index (χ3v) is 5.18. The number of nitrogens with one attached hydrogen (secondary N) is 2. The SMILES string of the molecule is CC(=O)Nc1ccc(-c2cnc(N)c(-c3ccc4c(c3)CCNC4=O)c2)c(F)c1[N+](=O)[O-]. The molecule has 1 aliphatic heterocycles. The van der Waals surface area contributed by atoms with Crippen LogP contribution in [0, 0.1) is 15.9 Å². The molecular formula is C22H18FN5O4. The zero-order valence-corrected chi connectivity index (χ0v) is 16.9. The number of rotatable bonds is 4. The Morgan fingerprint density at radius 2 is 1.94 bits per heavy atom. The maximum absolute atomic E-state index is 15.1. The fourth-order valence-corrected chi connectivity index (χ4v) is 3.71. The summed E-state index contributed by atoms with van der Waals surface area (Å²) in [6.07, 6.45) is 1.98. The van der Waals surface area contributed by atoms with Crippen molar-refractivity contribution in [3.63, 3.8) is 0 Å². The molecule has 9 nitrogen and oxygen atoms in total. The number of hydrogen-bond donors (Lipinski definition) is 3. The number of aromatic nitrogens is 1. The molecule has 1 aromatic heterocycles. The average Bonchev–Trinajstić information content (AvgIpc) is 2.74. The van der Waals surface area contributed by atoms with Crippen molar-refractivity contribution in [1.29, 1.82) is 0 Å². The van der Waals surface area contributed by atoms with Crippen LogP contribution in [0.2, 0.25) is 0 Å². The summed E-state index contributed by atoms with van der Waals surface area (Å²) < 4.78 is 15.1. The van der Waals surface area contributed by atoms with Gasteiger partial charge in [-0.3, -0.25) is 19.7 Å². The molecule has 0 radical (unpaired) electrons. The molecule has 1 aliphatic rings. The number of nitro benzene ring substituents is 1. The predicted octanol–water partition coefficient (Wildman–Crippen LogP) is 3.29. The highest BCUT2D eigenvalue weighted by Crippen LogP contribution is 2.37. The number of nitrogen functional groups attached to an aromatic ring is 1. The summed E-state index contributed by atoms with van der Waals surface area (Å²) >= 11 is 0. The molecule has 0 aliphatic carbocycles. The Morgan fingerprint density at radius 1 is 1.19 bits per heavy atom. The van der Waals surface area contributed by atoms with Gasteiger partial charge < -0.3 is 16.4 Å². The first-order chi connectivity index (χ1) is 15.3. The second-order valence-electron chi connectivity index (χ2n) is 7.30. The second-order valence-corrected chi connectivity index (χ2v) is 7.30. The van der Waals surface area contributed by atoms with Crippen LogP contribution in [0.1, 0.15) is 22.8 Å². The van der Waals surface area contributed by atoms with E-state index in [4.69, 9.17) is 5.73 Å². The summed E-state index contributed by atoms with van der Waals surface area (Å²) in [7, 11) is 0. The van der Waals surface area contributed by atoms with E-state index in [1.54, 1.807) is 18.2 Å². The van der Waals surface area contributed by atoms with E-state index in [0.29, 0.717) is 29.7 Å². The van der Waals surface area contributed by atoms with Crippen molar-refractivity contribution in [2.24, 2.45) is 0 Å². The Morgan fingerprint density at radius 3 is 2.66 bits per heavy atom. The van der Waals surface area contributed by atoms with Gasteiger partial charge in [-0.1, -0.05) is 12.1 Å². The number of benzene rings is 2. The minimum Gasteiger partial charge on any atom is -0.383 e. The van der Waals surface area contributed by atoms with Crippen LogP contribution in [-0.2, 0) is 11.2 Å². The third kappa shape index (κ3) is 3.73. The van der Waals surface area contributed by atoms with E-state index < -0.39 is 22.3 Å². The molecule has 3 aromatic rings. The van der Waals surface area contributed by atoms with Gasteiger partial charge in [0.15, 0.2) is 0 Å². The Kier molecular flexibility index (Phi) is 5.27. The number of nitrogens with two attached hydrogens (primary N) is 1. The van der Waals surface area contributed by atoms with Crippen molar-refractivity contribution < 1.29 is 18.9 Å². The van der Waals surface area contributed by atoms with Gasteiger partial charge in [0.1, 0.15) is 11.5 Å². The quantitative estimate of drug-likeness (QED) is 0.424. The number of anilines is 2. The van der Waals surface area contributed by atoms with Crippen LogP contribution in [0.5, 0.6) is 0 Å². The number of halogens is 1. The van der Waals surface area contributed by atoms with Gasteiger partial charge >= 0.3 is 5.69 Å². The summed E-state index contributed by atoms with van der Waals surface area (Å²) in [5.41, 5.74) is 7.84. The fraction of sp³-hybridized carbons (Fsp3) is 0.136. The lowest BCUT2D eigenvalue weighted by atomic mass is 9.94. The number of amides is 2. The van der Waals surface area contributed by atoms with Gasteiger partial charge in [0.2, 0.25) is 11.7 Å². The van der Waals surface area contributed by atoms with Crippen LogP contribution in [0.25, 0.3) is 22.3 Å². The summed E-state index contributed by atoms with van der Waals surface area (Å²) in [6.45, 7) is 1.70. The van der Waals surface area contributed by atoms with Gasteiger partial charge in [-0.05, 0) is 41.8 Å². The van der Waals surface area contributed by atoms with Crippen molar-refractivity contribution in [3.8, 4) is 22.3 Å². The number of pyridine rings is 1. The van der Waals surface area contributed by atoms with Crippen molar-refractivity contribution >= 4 is 29.0 Å². The highest BCUT2D eigenvalue weighted by molar-refractivity contribution is 5.97. The standard InChI is InChI=1S/C22H18FN5O4/c1-11(29)27-18-5-4-15(19(23)20(18)28(31)32)14-9-17(21(24)26-10-14)12-2-3-16-13(8-12)6-7-25-22(16)30/h2-5,8-10H,6-7H2,1H3,(H2,24,26)(H,25,30)(H,27,29). The highest BCUT2D eigenvalue weighted by Gasteiger charge is 2.26. The van der Waals surface area contributed by atoms with Gasteiger partial charge in [-0.2, -0.15) is 4.39 Å².